The van der Waals surface area contributed by atoms with E-state index < -0.39 is 12.2 Å². The van der Waals surface area contributed by atoms with E-state index in [9.17, 15) is 9.18 Å². The number of aromatic nitrogens is 2. The van der Waals surface area contributed by atoms with E-state index in [-0.39, 0.29) is 30.7 Å². The summed E-state index contributed by atoms with van der Waals surface area (Å²) in [5.74, 6) is 0.0721. The minimum Gasteiger partial charge on any atom is -0.441 e. The summed E-state index contributed by atoms with van der Waals surface area (Å²) in [7, 11) is 0. The second-order valence-corrected chi connectivity index (χ2v) is 6.60. The van der Waals surface area contributed by atoms with Crippen molar-refractivity contribution in [3.8, 4) is 11.3 Å². The zero-order chi connectivity index (χ0) is 19.5. The molecule has 0 aliphatic carbocycles. The van der Waals surface area contributed by atoms with E-state index in [1.807, 2.05) is 6.92 Å². The highest BCUT2D eigenvalue weighted by molar-refractivity contribution is 5.67. The summed E-state index contributed by atoms with van der Waals surface area (Å²) in [4.78, 5) is 20.3. The number of anilines is 1. The molecule has 0 bridgehead atoms. The maximum atomic E-state index is 13.5. The smallest absolute Gasteiger partial charge is 0.407 e. The van der Waals surface area contributed by atoms with Gasteiger partial charge in [0.25, 0.3) is 0 Å². The van der Waals surface area contributed by atoms with Crippen LogP contribution in [0.15, 0.2) is 36.5 Å². The number of carbonyl (C=O) groups is 1. The lowest BCUT2D eigenvalue weighted by atomic mass is 10.1. The second kappa shape index (κ2) is 8.07. The van der Waals surface area contributed by atoms with Crippen LogP contribution in [0.3, 0.4) is 0 Å². The van der Waals surface area contributed by atoms with Gasteiger partial charge < -0.3 is 24.8 Å². The average Bonchev–Trinajstić information content (AvgIpc) is 3.26. The molecule has 4 rings (SSSR count). The molecule has 1 aromatic heterocycles. The third-order valence-corrected chi connectivity index (χ3v) is 4.68. The predicted molar refractivity (Wildman–Crippen MR) is 98.3 cm³/mol. The summed E-state index contributed by atoms with van der Waals surface area (Å²) >= 11 is 0. The first-order chi connectivity index (χ1) is 13.6. The van der Waals surface area contributed by atoms with Crippen LogP contribution in [-0.4, -0.2) is 60.2 Å². The van der Waals surface area contributed by atoms with Crippen molar-refractivity contribution in [3.05, 3.63) is 42.3 Å². The van der Waals surface area contributed by atoms with Crippen molar-refractivity contribution >= 4 is 12.0 Å². The van der Waals surface area contributed by atoms with Gasteiger partial charge in [-0.05, 0) is 25.1 Å². The topological polar surface area (TPSA) is 94.6 Å². The van der Waals surface area contributed by atoms with E-state index in [0.717, 1.165) is 0 Å². The summed E-state index contributed by atoms with van der Waals surface area (Å²) in [5, 5.41) is 5.81. The summed E-state index contributed by atoms with van der Waals surface area (Å²) in [6.45, 7) is 2.96. The first-order valence-electron chi connectivity index (χ1n) is 9.17. The van der Waals surface area contributed by atoms with Crippen molar-refractivity contribution in [2.75, 3.05) is 25.1 Å². The number of carbonyl (C=O) groups excluding carboxylic acids is 1. The highest BCUT2D eigenvalue weighted by Gasteiger charge is 2.49. The first kappa shape index (κ1) is 18.6. The fourth-order valence-electron chi connectivity index (χ4n) is 3.42. The summed E-state index contributed by atoms with van der Waals surface area (Å²) < 4.78 is 30.4. The van der Waals surface area contributed by atoms with Crippen LogP contribution in [0, 0.1) is 5.82 Å². The Bertz CT molecular complexity index is 852. The normalized spacial score (nSPS) is 25.9. The molecule has 0 unspecified atom stereocenters. The SMILES string of the molecule is CCNC(=O)O[C@@H]1CO[C@H]2[C@@H]1OC[C@@H]2Nc1nccc(-c2cccc(F)c2)n1. The van der Waals surface area contributed by atoms with Gasteiger partial charge in [-0.3, -0.25) is 0 Å². The Morgan fingerprint density at radius 3 is 2.96 bits per heavy atom. The molecule has 2 aromatic rings. The number of fused-ring (bicyclic) bond motifs is 1. The maximum absolute atomic E-state index is 13.5. The van der Waals surface area contributed by atoms with Crippen LogP contribution >= 0.6 is 0 Å². The number of hydrogen-bond donors (Lipinski definition) is 2. The molecule has 0 radical (unpaired) electrons. The number of alkyl carbamates (subject to hydrolysis) is 1. The quantitative estimate of drug-likeness (QED) is 0.809. The molecule has 0 saturated carbocycles. The van der Waals surface area contributed by atoms with Crippen LogP contribution in [0.2, 0.25) is 0 Å². The summed E-state index contributed by atoms with van der Waals surface area (Å²) in [6.07, 6.45) is 0.0532. The van der Waals surface area contributed by atoms with Gasteiger partial charge in [-0.15, -0.1) is 0 Å². The molecule has 4 atom stereocenters. The number of hydrogen-bond acceptors (Lipinski definition) is 7. The molecule has 3 heterocycles. The molecule has 148 valence electrons. The van der Waals surface area contributed by atoms with Crippen LogP contribution in [0.25, 0.3) is 11.3 Å². The zero-order valence-corrected chi connectivity index (χ0v) is 15.3. The molecule has 28 heavy (non-hydrogen) atoms. The van der Waals surface area contributed by atoms with E-state index in [1.54, 1.807) is 24.4 Å². The lowest BCUT2D eigenvalue weighted by Crippen LogP contribution is -2.39. The minimum absolute atomic E-state index is 0.185. The van der Waals surface area contributed by atoms with E-state index in [1.165, 1.54) is 12.1 Å². The van der Waals surface area contributed by atoms with Gasteiger partial charge in [-0.1, -0.05) is 12.1 Å². The summed E-state index contributed by atoms with van der Waals surface area (Å²) in [5.41, 5.74) is 1.27. The van der Waals surface area contributed by atoms with E-state index >= 15 is 0 Å². The monoisotopic (exact) mass is 388 g/mol. The van der Waals surface area contributed by atoms with Crippen LogP contribution in [0.5, 0.6) is 0 Å². The van der Waals surface area contributed by atoms with Crippen molar-refractivity contribution in [1.29, 1.82) is 0 Å². The van der Waals surface area contributed by atoms with Crippen LogP contribution < -0.4 is 10.6 Å². The van der Waals surface area contributed by atoms with Crippen molar-refractivity contribution in [2.45, 2.75) is 31.3 Å². The third-order valence-electron chi connectivity index (χ3n) is 4.68. The Balaban J connectivity index is 1.42. The van der Waals surface area contributed by atoms with Gasteiger partial charge >= 0.3 is 6.09 Å². The maximum Gasteiger partial charge on any atom is 0.407 e. The minimum atomic E-state index is -0.483. The fraction of sp³-hybridized carbons (Fsp3) is 0.421. The van der Waals surface area contributed by atoms with E-state index in [0.29, 0.717) is 30.4 Å². The first-order valence-corrected chi connectivity index (χ1v) is 9.17. The number of ether oxygens (including phenoxy) is 3. The molecule has 9 heteroatoms. The van der Waals surface area contributed by atoms with Crippen molar-refractivity contribution < 1.29 is 23.4 Å². The fourth-order valence-corrected chi connectivity index (χ4v) is 3.42. The molecule has 1 aromatic carbocycles. The van der Waals surface area contributed by atoms with Gasteiger partial charge in [-0.25, -0.2) is 19.2 Å². The Hall–Kier alpha value is -2.78. The highest BCUT2D eigenvalue weighted by Crippen LogP contribution is 2.30. The standard InChI is InChI=1S/C19H21FN4O4/c1-2-21-19(25)28-15-10-27-16-14(9-26-17(15)16)24-18-22-7-6-13(23-18)11-4-3-5-12(20)8-11/h3-8,14-17H,2,9-10H2,1H3,(H,21,25)(H,22,23,24)/t14-,15+,16+,17+/m0/s1. The van der Waals surface area contributed by atoms with Crippen LogP contribution in [-0.2, 0) is 14.2 Å². The molecular formula is C19H21FN4O4. The zero-order valence-electron chi connectivity index (χ0n) is 15.3. The Morgan fingerprint density at radius 2 is 2.14 bits per heavy atom. The Morgan fingerprint density at radius 1 is 1.29 bits per heavy atom. The average molecular weight is 388 g/mol. The van der Waals surface area contributed by atoms with E-state index in [2.05, 4.69) is 20.6 Å². The van der Waals surface area contributed by atoms with Gasteiger partial charge in [0.15, 0.2) is 6.10 Å². The largest absolute Gasteiger partial charge is 0.441 e. The van der Waals surface area contributed by atoms with Gasteiger partial charge in [0, 0.05) is 18.3 Å². The number of benzene rings is 1. The Labute approximate surface area is 161 Å². The molecule has 0 spiro atoms. The van der Waals surface area contributed by atoms with E-state index in [4.69, 9.17) is 14.2 Å². The lowest BCUT2D eigenvalue weighted by Gasteiger charge is -2.18. The van der Waals surface area contributed by atoms with Crippen LogP contribution in [0.4, 0.5) is 15.1 Å². The number of nitrogens with zero attached hydrogens (tertiary/aromatic N) is 2. The number of amides is 1. The van der Waals surface area contributed by atoms with Crippen molar-refractivity contribution in [1.82, 2.24) is 15.3 Å². The predicted octanol–water partition coefficient (Wildman–Crippen LogP) is 1.98. The van der Waals surface area contributed by atoms with Crippen molar-refractivity contribution in [2.24, 2.45) is 0 Å². The van der Waals surface area contributed by atoms with Gasteiger partial charge in [0.2, 0.25) is 5.95 Å². The van der Waals surface area contributed by atoms with Gasteiger partial charge in [0.1, 0.15) is 18.0 Å². The van der Waals surface area contributed by atoms with Crippen molar-refractivity contribution in [3.63, 3.8) is 0 Å². The summed E-state index contributed by atoms with van der Waals surface area (Å²) in [6, 6.07) is 7.76. The molecule has 1 amide bonds. The third kappa shape index (κ3) is 3.90. The molecule has 2 aliphatic rings. The number of nitrogens with one attached hydrogen (secondary N) is 2. The van der Waals surface area contributed by atoms with Crippen LogP contribution in [0.1, 0.15) is 6.92 Å². The van der Waals surface area contributed by atoms with Gasteiger partial charge in [-0.2, -0.15) is 0 Å². The second-order valence-electron chi connectivity index (χ2n) is 6.60. The molecular weight excluding hydrogens is 367 g/mol. The molecule has 2 saturated heterocycles. The number of rotatable bonds is 5. The van der Waals surface area contributed by atoms with Gasteiger partial charge in [0.05, 0.1) is 24.9 Å². The number of halogens is 1. The molecule has 2 fully saturated rings. The lowest BCUT2D eigenvalue weighted by molar-refractivity contribution is 0.00462. The Kier molecular flexibility index (Phi) is 5.36. The molecule has 2 aliphatic heterocycles. The molecule has 2 N–H and O–H groups in total. The molecule has 8 nitrogen and oxygen atoms in total. The highest BCUT2D eigenvalue weighted by atomic mass is 19.1.